The van der Waals surface area contributed by atoms with Gasteiger partial charge in [-0.25, -0.2) is 9.97 Å². The van der Waals surface area contributed by atoms with Crippen LogP contribution in [0, 0.1) is 5.92 Å². The van der Waals surface area contributed by atoms with Crippen molar-refractivity contribution >= 4 is 0 Å². The van der Waals surface area contributed by atoms with Crippen LogP contribution in [0.3, 0.4) is 0 Å². The van der Waals surface area contributed by atoms with Gasteiger partial charge in [-0.3, -0.25) is 0 Å². The number of hydrogen-bond donors (Lipinski definition) is 0. The molecule has 0 saturated heterocycles. The Morgan fingerprint density at radius 1 is 0.576 bits per heavy atom. The maximum atomic E-state index is 4.64. The lowest BCUT2D eigenvalue weighted by Crippen LogP contribution is -1.94. The van der Waals surface area contributed by atoms with Gasteiger partial charge in [-0.2, -0.15) is 0 Å². The maximum absolute atomic E-state index is 4.64. The molecule has 0 unspecified atom stereocenters. The van der Waals surface area contributed by atoms with Crippen LogP contribution in [-0.4, -0.2) is 9.97 Å². The van der Waals surface area contributed by atoms with Crippen LogP contribution < -0.4 is 0 Å². The molecule has 2 nitrogen and oxygen atoms in total. The van der Waals surface area contributed by atoms with Crippen molar-refractivity contribution in [2.45, 2.75) is 130 Å². The van der Waals surface area contributed by atoms with Crippen molar-refractivity contribution in [2.24, 2.45) is 5.92 Å². The molecule has 0 bridgehead atoms. The summed E-state index contributed by atoms with van der Waals surface area (Å²) in [6.45, 7) is 6.93. The number of nitrogens with zero attached hydrogens (tertiary/aromatic N) is 2. The zero-order valence-electron chi connectivity index (χ0n) is 22.0. The van der Waals surface area contributed by atoms with Crippen molar-refractivity contribution in [3.8, 4) is 11.4 Å². The fourth-order valence-electron chi connectivity index (χ4n) is 4.51. The lowest BCUT2D eigenvalue weighted by Gasteiger charge is -2.06. The van der Waals surface area contributed by atoms with Gasteiger partial charge in [-0.1, -0.05) is 129 Å². The topological polar surface area (TPSA) is 25.8 Å². The van der Waals surface area contributed by atoms with Gasteiger partial charge in [0.25, 0.3) is 0 Å². The molecular formula is C31H50N2. The monoisotopic (exact) mass is 450 g/mol. The summed E-state index contributed by atoms with van der Waals surface area (Å²) in [5.41, 5.74) is 3.83. The van der Waals surface area contributed by atoms with E-state index in [0.717, 1.165) is 23.7 Å². The highest BCUT2D eigenvalue weighted by molar-refractivity contribution is 5.55. The molecule has 0 amide bonds. The van der Waals surface area contributed by atoms with E-state index in [4.69, 9.17) is 0 Å². The molecule has 0 fully saturated rings. The van der Waals surface area contributed by atoms with Gasteiger partial charge in [0.05, 0.1) is 0 Å². The first-order chi connectivity index (χ1) is 16.2. The molecule has 1 aromatic carbocycles. The number of rotatable bonds is 19. The Hall–Kier alpha value is -1.70. The summed E-state index contributed by atoms with van der Waals surface area (Å²) in [6, 6.07) is 8.89. The van der Waals surface area contributed by atoms with Crippen molar-refractivity contribution in [2.75, 3.05) is 0 Å². The summed E-state index contributed by atoms with van der Waals surface area (Å²) < 4.78 is 0. The van der Waals surface area contributed by atoms with E-state index >= 15 is 0 Å². The molecule has 2 aromatic rings. The van der Waals surface area contributed by atoms with Crippen LogP contribution in [0.4, 0.5) is 0 Å². The Labute approximate surface area is 205 Å². The second kappa shape index (κ2) is 17.7. The van der Waals surface area contributed by atoms with Crippen LogP contribution in [0.25, 0.3) is 11.4 Å². The maximum Gasteiger partial charge on any atom is 0.159 e. The zero-order chi connectivity index (χ0) is 23.6. The minimum Gasteiger partial charge on any atom is -0.236 e. The summed E-state index contributed by atoms with van der Waals surface area (Å²) in [6.07, 6.45) is 26.9. The number of benzene rings is 1. The summed E-state index contributed by atoms with van der Waals surface area (Å²) in [5, 5.41) is 0. The first kappa shape index (κ1) is 27.5. The van der Waals surface area contributed by atoms with E-state index in [1.54, 1.807) is 0 Å². The Morgan fingerprint density at radius 3 is 1.61 bits per heavy atom. The largest absolute Gasteiger partial charge is 0.236 e. The second-order valence-electron chi connectivity index (χ2n) is 10.4. The number of hydrogen-bond acceptors (Lipinski definition) is 2. The van der Waals surface area contributed by atoms with Gasteiger partial charge in [0.15, 0.2) is 5.82 Å². The van der Waals surface area contributed by atoms with Crippen LogP contribution in [-0.2, 0) is 12.8 Å². The average molecular weight is 451 g/mol. The molecule has 0 radical (unpaired) electrons. The fraction of sp³-hybridized carbons (Fsp3) is 0.677. The van der Waals surface area contributed by atoms with Crippen molar-refractivity contribution < 1.29 is 0 Å². The number of unbranched alkanes of at least 4 members (excludes halogenated alkanes) is 12. The van der Waals surface area contributed by atoms with E-state index in [2.05, 4.69) is 55.0 Å². The van der Waals surface area contributed by atoms with Crippen LogP contribution in [0.1, 0.15) is 128 Å². The van der Waals surface area contributed by atoms with Gasteiger partial charge in [0, 0.05) is 18.0 Å². The molecule has 0 atom stereocenters. The molecule has 0 aliphatic rings. The number of aryl methyl sites for hydroxylation is 2. The van der Waals surface area contributed by atoms with Gasteiger partial charge >= 0.3 is 0 Å². The van der Waals surface area contributed by atoms with Gasteiger partial charge < -0.3 is 0 Å². The van der Waals surface area contributed by atoms with Crippen LogP contribution in [0.5, 0.6) is 0 Å². The molecule has 0 aliphatic carbocycles. The molecule has 0 aliphatic heterocycles. The lowest BCUT2D eigenvalue weighted by atomic mass is 10.0. The molecule has 184 valence electrons. The fourth-order valence-corrected chi connectivity index (χ4v) is 4.51. The van der Waals surface area contributed by atoms with Gasteiger partial charge in [0.1, 0.15) is 0 Å². The van der Waals surface area contributed by atoms with Gasteiger partial charge in [0.2, 0.25) is 0 Å². The Kier molecular flexibility index (Phi) is 14.8. The molecule has 1 aromatic heterocycles. The van der Waals surface area contributed by atoms with E-state index in [9.17, 15) is 0 Å². The van der Waals surface area contributed by atoms with E-state index in [1.807, 2.05) is 12.4 Å². The SMILES string of the molecule is CCCCCCCCCc1ccc(-c2ncc(CCCCCCCCCC(C)C)cn2)cc1. The Bertz CT molecular complexity index is 703. The highest BCUT2D eigenvalue weighted by atomic mass is 14.9. The molecular weight excluding hydrogens is 400 g/mol. The van der Waals surface area contributed by atoms with Crippen molar-refractivity contribution in [1.82, 2.24) is 9.97 Å². The zero-order valence-corrected chi connectivity index (χ0v) is 22.0. The molecule has 0 saturated carbocycles. The molecule has 1 heterocycles. The van der Waals surface area contributed by atoms with Gasteiger partial charge in [-0.05, 0) is 42.7 Å². The van der Waals surface area contributed by atoms with Crippen LogP contribution in [0.15, 0.2) is 36.7 Å². The average Bonchev–Trinajstić information content (AvgIpc) is 2.83. The minimum atomic E-state index is 0.850. The molecule has 0 spiro atoms. The molecule has 2 heteroatoms. The minimum absolute atomic E-state index is 0.850. The molecule has 33 heavy (non-hydrogen) atoms. The highest BCUT2D eigenvalue weighted by Gasteiger charge is 2.03. The van der Waals surface area contributed by atoms with E-state index in [0.29, 0.717) is 0 Å². The third-order valence-electron chi connectivity index (χ3n) is 6.73. The standard InChI is InChI=1S/C31H50N2/c1-4-5-6-7-9-13-16-19-28-21-23-30(24-22-28)31-32-25-29(26-33-31)20-17-14-11-8-10-12-15-18-27(2)3/h21-27H,4-20H2,1-3H3. The smallest absolute Gasteiger partial charge is 0.159 e. The predicted octanol–water partition coefficient (Wildman–Crippen LogP) is 9.76. The van der Waals surface area contributed by atoms with Crippen molar-refractivity contribution in [1.29, 1.82) is 0 Å². The summed E-state index contributed by atoms with van der Waals surface area (Å²) >= 11 is 0. The molecule has 2 rings (SSSR count). The van der Waals surface area contributed by atoms with Crippen LogP contribution in [0.2, 0.25) is 0 Å². The third-order valence-corrected chi connectivity index (χ3v) is 6.73. The van der Waals surface area contributed by atoms with Crippen molar-refractivity contribution in [3.05, 3.63) is 47.8 Å². The number of aromatic nitrogens is 2. The lowest BCUT2D eigenvalue weighted by molar-refractivity contribution is 0.509. The van der Waals surface area contributed by atoms with E-state index in [-0.39, 0.29) is 0 Å². The predicted molar refractivity (Wildman–Crippen MR) is 145 cm³/mol. The third kappa shape index (κ3) is 12.9. The Morgan fingerprint density at radius 2 is 1.06 bits per heavy atom. The van der Waals surface area contributed by atoms with E-state index in [1.165, 1.54) is 114 Å². The molecule has 0 N–H and O–H groups in total. The second-order valence-corrected chi connectivity index (χ2v) is 10.4. The summed E-state index contributed by atoms with van der Waals surface area (Å²) in [7, 11) is 0. The van der Waals surface area contributed by atoms with Crippen LogP contribution >= 0.6 is 0 Å². The van der Waals surface area contributed by atoms with Crippen molar-refractivity contribution in [3.63, 3.8) is 0 Å². The first-order valence-electron chi connectivity index (χ1n) is 14.1. The summed E-state index contributed by atoms with van der Waals surface area (Å²) in [4.78, 5) is 9.28. The first-order valence-corrected chi connectivity index (χ1v) is 14.1. The normalized spacial score (nSPS) is 11.4. The summed E-state index contributed by atoms with van der Waals surface area (Å²) in [5.74, 6) is 1.71. The Balaban J connectivity index is 1.59. The quantitative estimate of drug-likeness (QED) is 0.199. The van der Waals surface area contributed by atoms with Gasteiger partial charge in [-0.15, -0.1) is 0 Å². The van der Waals surface area contributed by atoms with E-state index < -0.39 is 0 Å². The highest BCUT2D eigenvalue weighted by Crippen LogP contribution is 2.18.